The van der Waals surface area contributed by atoms with Gasteiger partial charge < -0.3 is 30.0 Å². The van der Waals surface area contributed by atoms with Crippen LogP contribution in [-0.4, -0.2) is 62.4 Å². The van der Waals surface area contributed by atoms with E-state index in [1.165, 1.54) is 31.2 Å². The summed E-state index contributed by atoms with van der Waals surface area (Å²) < 4.78 is 52.7. The van der Waals surface area contributed by atoms with E-state index in [2.05, 4.69) is 41.8 Å². The fourth-order valence-electron chi connectivity index (χ4n) is 7.15. The van der Waals surface area contributed by atoms with Crippen LogP contribution in [0.4, 0.5) is 23.3 Å². The minimum absolute atomic E-state index is 0. The van der Waals surface area contributed by atoms with E-state index >= 15 is 0 Å². The van der Waals surface area contributed by atoms with Crippen LogP contribution in [0.2, 0.25) is 20.1 Å². The normalized spacial score (nSPS) is 18.0. The molecule has 0 aliphatic carbocycles. The molecule has 23 heteroatoms. The summed E-state index contributed by atoms with van der Waals surface area (Å²) in [4.78, 5) is 38.3. The van der Waals surface area contributed by atoms with Gasteiger partial charge in [-0.05, 0) is 96.3 Å². The average Bonchev–Trinajstić information content (AvgIpc) is 3.88. The average molecular weight is 1170 g/mol. The van der Waals surface area contributed by atoms with Gasteiger partial charge in [-0.2, -0.15) is 0 Å². The van der Waals surface area contributed by atoms with Crippen molar-refractivity contribution < 1.29 is 43.4 Å². The predicted molar refractivity (Wildman–Crippen MR) is 240 cm³/mol. The molecule has 0 unspecified atom stereocenters. The fraction of sp³-hybridized carbons (Fsp3) is 0.158. The quantitative estimate of drug-likeness (QED) is 0.0872. The summed E-state index contributed by atoms with van der Waals surface area (Å²) in [5.41, 5.74) is -0.00489. The molecule has 0 bridgehead atoms. The van der Waals surface area contributed by atoms with E-state index in [4.69, 9.17) is 57.1 Å². The zero-order chi connectivity index (χ0) is 42.8. The maximum atomic E-state index is 13.7. The van der Waals surface area contributed by atoms with Gasteiger partial charge in [0.15, 0.2) is 5.03 Å². The molecule has 314 valence electrons. The van der Waals surface area contributed by atoms with E-state index in [9.17, 15) is 26.4 Å². The molecule has 0 saturated heterocycles. The molecule has 0 fully saturated rings. The van der Waals surface area contributed by atoms with Crippen LogP contribution in [-0.2, 0) is 61.7 Å². The molecule has 0 saturated carbocycles. The Labute approximate surface area is 420 Å². The van der Waals surface area contributed by atoms with Crippen molar-refractivity contribution in [2.75, 3.05) is 9.80 Å². The number of carbonyl (C=O) groups excluding carboxylic acids is 2. The minimum atomic E-state index is -4.17. The van der Waals surface area contributed by atoms with Gasteiger partial charge in [0.25, 0.3) is 20.9 Å². The van der Waals surface area contributed by atoms with Gasteiger partial charge in [-0.25, -0.2) is 28.2 Å². The molecule has 61 heavy (non-hydrogen) atoms. The van der Waals surface area contributed by atoms with Gasteiger partial charge >= 0.3 is 23.1 Å². The summed E-state index contributed by atoms with van der Waals surface area (Å²) in [6, 6.07) is 24.3. The molecular weight excluding hydrogens is 1140 g/mol. The number of hydrogen-bond donors (Lipinski definition) is 0. The zero-order valence-corrected chi connectivity index (χ0v) is 42.9. The number of rotatable bonds is 8. The minimum Gasteiger partial charge on any atom is -1.00 e. The van der Waals surface area contributed by atoms with Crippen molar-refractivity contribution in [2.45, 2.75) is 47.8 Å². The van der Waals surface area contributed by atoms with Gasteiger partial charge in [0.2, 0.25) is 11.9 Å². The largest absolute Gasteiger partial charge is 2.00 e. The van der Waals surface area contributed by atoms with Gasteiger partial charge in [-0.15, -0.1) is 0 Å². The van der Waals surface area contributed by atoms with E-state index in [-0.39, 0.29) is 86.6 Å². The van der Waals surface area contributed by atoms with Crippen LogP contribution < -0.4 is 26.8 Å². The number of hydrogen-bond acceptors (Lipinski definition) is 9. The Kier molecular flexibility index (Phi) is 15.6. The number of nitrogens with zero attached hydrogens (tertiary/aromatic N) is 6. The van der Waals surface area contributed by atoms with Crippen LogP contribution in [0, 0.1) is 0 Å². The van der Waals surface area contributed by atoms with Crippen molar-refractivity contribution in [2.24, 2.45) is 0 Å². The SMILES string of the molecule is C[C@@]1(Cc2ccc(Br)cc2)C(=O)N(c2cc(Cl)cc(Cl)c2)c2ncc(S(=O)(=O)Cl)n21.C[C@@]1(Cc2ccc(Br)cc2)C(=O)N(c2cc(Cl)cc(Cl)c2)c2ncc([S-](=O)=O)n21.[Br-].[Mg+2]. The fourth-order valence-corrected chi connectivity index (χ4v) is 10.3. The molecule has 4 heterocycles. The second kappa shape index (κ2) is 19.1. The zero-order valence-electron chi connectivity index (χ0n) is 31.3. The van der Waals surface area contributed by atoms with Gasteiger partial charge in [0, 0.05) is 63.8 Å². The van der Waals surface area contributed by atoms with E-state index in [0.29, 0.717) is 31.5 Å². The predicted octanol–water partition coefficient (Wildman–Crippen LogP) is 7.40. The van der Waals surface area contributed by atoms with Crippen molar-refractivity contribution in [3.05, 3.63) is 137 Å². The third-order valence-electron chi connectivity index (χ3n) is 9.69. The number of imidazole rings is 2. The Morgan fingerprint density at radius 2 is 1.00 bits per heavy atom. The third-order valence-corrected chi connectivity index (χ3v) is 13.5. The van der Waals surface area contributed by atoms with Crippen LogP contribution in [0.1, 0.15) is 25.0 Å². The Morgan fingerprint density at radius 3 is 1.38 bits per heavy atom. The topological polar surface area (TPSA) is 145 Å². The molecule has 2 amide bonds. The Bertz CT molecular complexity index is 2840. The monoisotopic (exact) mass is 1160 g/mol. The van der Waals surface area contributed by atoms with E-state index < -0.39 is 30.8 Å². The Morgan fingerprint density at radius 1 is 0.639 bits per heavy atom. The van der Waals surface area contributed by atoms with Gasteiger partial charge in [-0.3, -0.25) is 14.2 Å². The molecule has 0 radical (unpaired) electrons. The Balaban J connectivity index is 0.000000224. The van der Waals surface area contributed by atoms with Crippen molar-refractivity contribution in [3.63, 3.8) is 0 Å². The molecule has 6 aromatic rings. The first-order valence-electron chi connectivity index (χ1n) is 17.0. The summed E-state index contributed by atoms with van der Waals surface area (Å²) >= 11 is 31.3. The molecule has 0 spiro atoms. The molecule has 2 aliphatic heterocycles. The summed E-state index contributed by atoms with van der Waals surface area (Å²) in [5.74, 6) is -0.383. The van der Waals surface area contributed by atoms with Gasteiger partial charge in [0.05, 0.1) is 17.6 Å². The Hall–Kier alpha value is -2.20. The van der Waals surface area contributed by atoms with E-state index in [1.807, 2.05) is 48.5 Å². The number of amides is 2. The van der Waals surface area contributed by atoms with Crippen LogP contribution >= 0.6 is 88.9 Å². The molecule has 0 N–H and O–H groups in total. The number of fused-ring (bicyclic) bond motifs is 2. The number of anilines is 4. The molecular formula is C38H26Br3Cl5MgN6O6S2. The molecule has 8 rings (SSSR count). The number of aromatic nitrogens is 4. The first kappa shape index (κ1) is 49.8. The summed E-state index contributed by atoms with van der Waals surface area (Å²) in [6.07, 6.45) is 2.87. The van der Waals surface area contributed by atoms with Crippen molar-refractivity contribution in [1.82, 2.24) is 19.1 Å². The maximum Gasteiger partial charge on any atom is 2.00 e. The van der Waals surface area contributed by atoms with Crippen LogP contribution in [0.25, 0.3) is 0 Å². The number of halogens is 8. The van der Waals surface area contributed by atoms with Crippen molar-refractivity contribution >= 4 is 167 Å². The molecule has 2 atom stereocenters. The van der Waals surface area contributed by atoms with E-state index in [0.717, 1.165) is 26.3 Å². The van der Waals surface area contributed by atoms with Gasteiger partial charge in [0.1, 0.15) is 11.1 Å². The number of carbonyl (C=O) groups is 2. The van der Waals surface area contributed by atoms with Crippen LogP contribution in [0.5, 0.6) is 0 Å². The number of benzene rings is 4. The van der Waals surface area contributed by atoms with Crippen molar-refractivity contribution in [3.8, 4) is 0 Å². The summed E-state index contributed by atoms with van der Waals surface area (Å²) in [7, 11) is -1.08. The first-order valence-corrected chi connectivity index (χ1v) is 23.5. The molecule has 12 nitrogen and oxygen atoms in total. The summed E-state index contributed by atoms with van der Waals surface area (Å²) in [6.45, 7) is 3.35. The smallest absolute Gasteiger partial charge is 1.00 e. The maximum absolute atomic E-state index is 13.7. The first-order chi connectivity index (χ1) is 27.7. The molecule has 4 aromatic carbocycles. The van der Waals surface area contributed by atoms with Crippen molar-refractivity contribution in [1.29, 1.82) is 0 Å². The second-order valence-corrected chi connectivity index (χ2v) is 20.8. The second-order valence-electron chi connectivity index (χ2n) is 13.8. The standard InChI is InChI=1S/C19H13BrCl3N3O3S.C19H13BrCl2N3O3S.BrH.Mg/c1-19(9-11-2-4-12(20)5-3-11)17(27)25(15-7-13(21)6-14(22)8-15)18-24-10-16(26(18)19)30(23,28)29;1-19(9-11-2-4-12(20)5-3-11)17(26)24(15-7-13(21)6-14(22)8-15)18-23-10-16(25(18)19)29(27)28;;/h2-8,10H,9H2,1H3;2-8,10H,9H2,1H3;1H;/q;-1;;+2/p-1/t2*19-;;/m11../s1. The van der Waals surface area contributed by atoms with E-state index in [1.54, 1.807) is 44.2 Å². The third kappa shape index (κ3) is 9.76. The van der Waals surface area contributed by atoms with Crippen LogP contribution in [0.3, 0.4) is 0 Å². The summed E-state index contributed by atoms with van der Waals surface area (Å²) in [5, 5.41) is 1.04. The van der Waals surface area contributed by atoms with Gasteiger partial charge in [-0.1, -0.05) is 103 Å². The van der Waals surface area contributed by atoms with Crippen LogP contribution in [0.15, 0.2) is 116 Å². The molecule has 2 aliphatic rings. The molecule has 2 aromatic heterocycles.